The van der Waals surface area contributed by atoms with Gasteiger partial charge in [0.25, 0.3) is 11.8 Å². The number of hydrogen-bond acceptors (Lipinski definition) is 3. The van der Waals surface area contributed by atoms with E-state index in [1.807, 2.05) is 0 Å². The van der Waals surface area contributed by atoms with Crippen molar-refractivity contribution in [2.45, 2.75) is 71.1 Å². The van der Waals surface area contributed by atoms with Crippen LogP contribution in [0.4, 0.5) is 0 Å². The largest absolute Gasteiger partial charge is 0.273 e. The van der Waals surface area contributed by atoms with E-state index < -0.39 is 11.8 Å². The molecule has 0 aromatic heterocycles. The average Bonchev–Trinajstić information content (AvgIpc) is 2.93. The first-order valence-electron chi connectivity index (χ1n) is 9.79. The smallest absolute Gasteiger partial charge is 0.268 e. The molecular weight excluding hydrogens is 460 g/mol. The molecule has 156 valence electrons. The summed E-state index contributed by atoms with van der Waals surface area (Å²) < 4.78 is 1.11. The first-order valence-corrected chi connectivity index (χ1v) is 12.2. The number of fused-ring (bicyclic) bond motifs is 1. The molecule has 0 bridgehead atoms. The molecule has 0 fully saturated rings. The van der Waals surface area contributed by atoms with Crippen LogP contribution in [0.3, 0.4) is 0 Å². The molecule has 2 amide bonds. The van der Waals surface area contributed by atoms with Gasteiger partial charge in [0.15, 0.2) is 0 Å². The third-order valence-corrected chi connectivity index (χ3v) is 7.65. The van der Waals surface area contributed by atoms with Crippen molar-refractivity contribution in [3.8, 4) is 0 Å². The highest BCUT2D eigenvalue weighted by molar-refractivity contribution is 7.98. The molecule has 1 aliphatic heterocycles. The van der Waals surface area contributed by atoms with Crippen LogP contribution in [0.5, 0.6) is 0 Å². The van der Waals surface area contributed by atoms with Gasteiger partial charge in [0.2, 0.25) is 0 Å². The molecule has 0 spiro atoms. The molecule has 1 aromatic rings. The molecule has 28 heavy (non-hydrogen) atoms. The summed E-state index contributed by atoms with van der Waals surface area (Å²) in [6.07, 6.45) is 12.4. The molecule has 0 aliphatic carbocycles. The third-order valence-electron chi connectivity index (χ3n) is 4.78. The van der Waals surface area contributed by atoms with Crippen LogP contribution in [0, 0.1) is 0 Å². The number of halogens is 4. The number of carbonyl (C=O) groups excluding carboxylic acids is 2. The van der Waals surface area contributed by atoms with E-state index in [0.717, 1.165) is 17.1 Å². The molecule has 0 N–H and O–H groups in total. The van der Waals surface area contributed by atoms with Gasteiger partial charge >= 0.3 is 0 Å². The number of carbonyl (C=O) groups is 2. The summed E-state index contributed by atoms with van der Waals surface area (Å²) in [4.78, 5) is 25.2. The van der Waals surface area contributed by atoms with Crippen molar-refractivity contribution in [2.75, 3.05) is 5.75 Å². The lowest BCUT2D eigenvalue weighted by atomic mass is 10.1. The van der Waals surface area contributed by atoms with Gasteiger partial charge in [-0.15, -0.1) is 0 Å². The van der Waals surface area contributed by atoms with Crippen LogP contribution >= 0.6 is 58.4 Å². The van der Waals surface area contributed by atoms with Gasteiger partial charge in [-0.3, -0.25) is 9.59 Å². The van der Waals surface area contributed by atoms with Crippen molar-refractivity contribution in [2.24, 2.45) is 0 Å². The Balaban J connectivity index is 1.75. The molecule has 2 rings (SSSR count). The molecule has 1 aromatic carbocycles. The SMILES string of the molecule is CCCCCCCCCCCCSN1C(=O)c2c(Cl)c(Cl)c(Cl)c(Cl)c2C1=O. The monoisotopic (exact) mass is 483 g/mol. The zero-order valence-electron chi connectivity index (χ0n) is 16.0. The molecule has 3 nitrogen and oxygen atoms in total. The highest BCUT2D eigenvalue weighted by Crippen LogP contribution is 2.46. The van der Waals surface area contributed by atoms with Crippen molar-refractivity contribution < 1.29 is 9.59 Å². The quantitative estimate of drug-likeness (QED) is 0.0980. The van der Waals surface area contributed by atoms with Gasteiger partial charge in [-0.2, -0.15) is 0 Å². The minimum Gasteiger partial charge on any atom is -0.268 e. The lowest BCUT2D eigenvalue weighted by Gasteiger charge is -2.12. The molecular formula is C20H25Cl4NO2S. The predicted octanol–water partition coefficient (Wildman–Crippen LogP) is 8.47. The van der Waals surface area contributed by atoms with Crippen LogP contribution in [-0.4, -0.2) is 21.9 Å². The Hall–Kier alpha value is -0.130. The minimum atomic E-state index is -0.484. The molecule has 0 radical (unpaired) electrons. The highest BCUT2D eigenvalue weighted by atomic mass is 35.5. The Morgan fingerprint density at radius 1 is 0.643 bits per heavy atom. The molecule has 0 saturated carbocycles. The van der Waals surface area contributed by atoms with Gasteiger partial charge in [0, 0.05) is 5.75 Å². The number of unbranched alkanes of at least 4 members (excludes halogenated alkanes) is 9. The maximum atomic E-state index is 12.6. The zero-order chi connectivity index (χ0) is 20.7. The molecule has 0 saturated heterocycles. The Morgan fingerprint density at radius 2 is 1.04 bits per heavy atom. The number of benzene rings is 1. The van der Waals surface area contributed by atoms with Crippen molar-refractivity contribution in [1.82, 2.24) is 4.31 Å². The Bertz CT molecular complexity index is 680. The summed E-state index contributed by atoms with van der Waals surface area (Å²) in [7, 11) is 0. The molecule has 8 heteroatoms. The van der Waals surface area contributed by atoms with Gasteiger partial charge < -0.3 is 0 Å². The van der Waals surface area contributed by atoms with E-state index in [2.05, 4.69) is 6.92 Å². The first kappa shape index (κ1) is 24.1. The van der Waals surface area contributed by atoms with E-state index in [1.165, 1.54) is 63.3 Å². The van der Waals surface area contributed by atoms with Crippen LogP contribution in [0.2, 0.25) is 20.1 Å². The minimum absolute atomic E-state index is 0.00484. The molecule has 1 aliphatic rings. The van der Waals surface area contributed by atoms with Crippen LogP contribution in [-0.2, 0) is 0 Å². The van der Waals surface area contributed by atoms with Crippen LogP contribution in [0.25, 0.3) is 0 Å². The lowest BCUT2D eigenvalue weighted by Crippen LogP contribution is -2.22. The maximum absolute atomic E-state index is 12.6. The highest BCUT2D eigenvalue weighted by Gasteiger charge is 2.42. The lowest BCUT2D eigenvalue weighted by molar-refractivity contribution is 0.0777. The summed E-state index contributed by atoms with van der Waals surface area (Å²) in [5.41, 5.74) is 0.0864. The van der Waals surface area contributed by atoms with Crippen LogP contribution in [0.15, 0.2) is 0 Å². The molecule has 0 unspecified atom stereocenters. The number of nitrogens with zero attached hydrogens (tertiary/aromatic N) is 1. The van der Waals surface area contributed by atoms with Crippen molar-refractivity contribution >= 4 is 70.2 Å². The number of hydrogen-bond donors (Lipinski definition) is 0. The maximum Gasteiger partial charge on any atom is 0.273 e. The summed E-state index contributed by atoms with van der Waals surface area (Å²) in [6.45, 7) is 2.23. The van der Waals surface area contributed by atoms with E-state index in [1.54, 1.807) is 0 Å². The second kappa shape index (κ2) is 11.9. The topological polar surface area (TPSA) is 37.4 Å². The van der Waals surface area contributed by atoms with Crippen LogP contribution < -0.4 is 0 Å². The van der Waals surface area contributed by atoms with Gasteiger partial charge in [0.1, 0.15) is 0 Å². The van der Waals surface area contributed by atoms with E-state index in [9.17, 15) is 9.59 Å². The Labute approximate surface area is 191 Å². The fraction of sp³-hybridized carbons (Fsp3) is 0.600. The second-order valence-electron chi connectivity index (χ2n) is 6.93. The fourth-order valence-corrected chi connectivity index (χ4v) is 5.14. The number of amides is 2. The van der Waals surface area contributed by atoms with E-state index >= 15 is 0 Å². The Morgan fingerprint density at radius 3 is 1.46 bits per heavy atom. The average molecular weight is 485 g/mol. The van der Waals surface area contributed by atoms with E-state index in [0.29, 0.717) is 5.75 Å². The van der Waals surface area contributed by atoms with Crippen molar-refractivity contribution in [1.29, 1.82) is 0 Å². The summed E-state index contributed by atoms with van der Waals surface area (Å²) in [6, 6.07) is 0. The third kappa shape index (κ3) is 5.72. The normalized spacial score (nSPS) is 13.5. The first-order chi connectivity index (χ1) is 13.4. The molecule has 1 heterocycles. The standard InChI is InChI=1S/C20H25Cl4NO2S/c1-2-3-4-5-6-7-8-9-10-11-12-28-25-19(26)13-14(20(25)27)16(22)18(24)17(23)15(13)21/h2-12H2,1H3. The second-order valence-corrected chi connectivity index (χ2v) is 9.47. The van der Waals surface area contributed by atoms with Gasteiger partial charge in [-0.05, 0) is 18.4 Å². The zero-order valence-corrected chi connectivity index (χ0v) is 19.8. The summed E-state index contributed by atoms with van der Waals surface area (Å²) in [5, 5.41) is -0.0533. The predicted molar refractivity (Wildman–Crippen MR) is 121 cm³/mol. The van der Waals surface area contributed by atoms with Crippen molar-refractivity contribution in [3.05, 3.63) is 31.2 Å². The van der Waals surface area contributed by atoms with Gasteiger partial charge in [-0.25, -0.2) is 4.31 Å². The Kier molecular flexibility index (Phi) is 10.3. The van der Waals surface area contributed by atoms with Crippen LogP contribution in [0.1, 0.15) is 91.8 Å². The van der Waals surface area contributed by atoms with Gasteiger partial charge in [-0.1, -0.05) is 111 Å². The van der Waals surface area contributed by atoms with E-state index in [-0.39, 0.29) is 31.2 Å². The van der Waals surface area contributed by atoms with Gasteiger partial charge in [0.05, 0.1) is 31.2 Å². The van der Waals surface area contributed by atoms with Crippen molar-refractivity contribution in [3.63, 3.8) is 0 Å². The number of imide groups is 1. The number of rotatable bonds is 12. The fourth-order valence-electron chi connectivity index (χ4n) is 3.19. The summed E-state index contributed by atoms with van der Waals surface area (Å²) >= 11 is 25.5. The summed E-state index contributed by atoms with van der Waals surface area (Å²) in [5.74, 6) is -0.288. The van der Waals surface area contributed by atoms with E-state index in [4.69, 9.17) is 46.4 Å². The molecule has 0 atom stereocenters.